The third-order valence-electron chi connectivity index (χ3n) is 2.92. The lowest BCUT2D eigenvalue weighted by Gasteiger charge is -2.03. The fourth-order valence-corrected chi connectivity index (χ4v) is 2.40. The minimum absolute atomic E-state index is 0.327. The van der Waals surface area contributed by atoms with Gasteiger partial charge in [0.25, 0.3) is 0 Å². The van der Waals surface area contributed by atoms with Crippen LogP contribution in [0, 0.1) is 0 Å². The molecular formula is C16H9Cl3N2. The van der Waals surface area contributed by atoms with Crippen molar-refractivity contribution >= 4 is 58.0 Å². The summed E-state index contributed by atoms with van der Waals surface area (Å²) in [4.78, 5) is 8.77. The Morgan fingerprint density at radius 2 is 1.38 bits per heavy atom. The lowest BCUT2D eigenvalue weighted by atomic mass is 10.2. The van der Waals surface area contributed by atoms with Gasteiger partial charge in [-0.15, -0.1) is 0 Å². The minimum atomic E-state index is 0.327. The van der Waals surface area contributed by atoms with E-state index in [1.165, 1.54) is 0 Å². The second-order valence-electron chi connectivity index (χ2n) is 4.40. The Bertz CT molecular complexity index is 830. The largest absolute Gasteiger partial charge is 0.243 e. The molecule has 0 N–H and O–H groups in total. The highest BCUT2D eigenvalue weighted by molar-refractivity contribution is 6.42. The first kappa shape index (κ1) is 14.3. The zero-order valence-corrected chi connectivity index (χ0v) is 13.0. The number of rotatable bonds is 2. The first-order valence-corrected chi connectivity index (χ1v) is 7.32. The molecule has 3 aromatic rings. The lowest BCUT2D eigenvalue weighted by molar-refractivity contribution is 1.27. The van der Waals surface area contributed by atoms with Crippen molar-refractivity contribution in [2.24, 2.45) is 0 Å². The molecule has 0 aliphatic heterocycles. The molecule has 5 heteroatoms. The maximum Gasteiger partial charge on any atom is 0.155 e. The van der Waals surface area contributed by atoms with Crippen molar-refractivity contribution in [3.63, 3.8) is 0 Å². The van der Waals surface area contributed by atoms with Crippen LogP contribution in [0.3, 0.4) is 0 Å². The molecule has 2 aromatic carbocycles. The standard InChI is InChI=1S/C16H9Cl3N2/c17-11-8-14-15(9-12(11)18)21-16(19)13(20-14)7-6-10-4-2-1-3-5-10/h1-9H/b7-6+. The Labute approximate surface area is 137 Å². The van der Waals surface area contributed by atoms with Gasteiger partial charge in [-0.3, -0.25) is 0 Å². The number of hydrogen-bond donors (Lipinski definition) is 0. The highest BCUT2D eigenvalue weighted by atomic mass is 35.5. The molecule has 0 bridgehead atoms. The summed E-state index contributed by atoms with van der Waals surface area (Å²) in [5.74, 6) is 0. The molecule has 0 saturated heterocycles. The van der Waals surface area contributed by atoms with E-state index in [0.717, 1.165) is 5.56 Å². The molecule has 0 unspecified atom stereocenters. The smallest absolute Gasteiger partial charge is 0.155 e. The van der Waals surface area contributed by atoms with Crippen molar-refractivity contribution in [3.05, 3.63) is 68.9 Å². The van der Waals surface area contributed by atoms with Crippen LogP contribution in [0.25, 0.3) is 23.2 Å². The van der Waals surface area contributed by atoms with Gasteiger partial charge < -0.3 is 0 Å². The zero-order valence-electron chi connectivity index (χ0n) is 10.7. The molecule has 0 amide bonds. The van der Waals surface area contributed by atoms with Crippen LogP contribution >= 0.6 is 34.8 Å². The summed E-state index contributed by atoms with van der Waals surface area (Å²) < 4.78 is 0. The molecular weight excluding hydrogens is 327 g/mol. The van der Waals surface area contributed by atoms with Crippen LogP contribution in [0.2, 0.25) is 15.2 Å². The van der Waals surface area contributed by atoms with Gasteiger partial charge in [-0.05, 0) is 23.8 Å². The Morgan fingerprint density at radius 1 is 0.762 bits per heavy atom. The van der Waals surface area contributed by atoms with Crippen LogP contribution in [0.5, 0.6) is 0 Å². The summed E-state index contributed by atoms with van der Waals surface area (Å²) in [6.07, 6.45) is 3.76. The average Bonchev–Trinajstić information content (AvgIpc) is 2.48. The van der Waals surface area contributed by atoms with Gasteiger partial charge in [0.1, 0.15) is 5.69 Å². The van der Waals surface area contributed by atoms with E-state index in [1.54, 1.807) is 12.1 Å². The number of benzene rings is 2. The summed E-state index contributed by atoms with van der Waals surface area (Å²) in [5.41, 5.74) is 2.92. The summed E-state index contributed by atoms with van der Waals surface area (Å²) in [6.45, 7) is 0. The van der Waals surface area contributed by atoms with Crippen LogP contribution in [0.1, 0.15) is 11.3 Å². The fraction of sp³-hybridized carbons (Fsp3) is 0. The molecule has 0 spiro atoms. The predicted octanol–water partition coefficient (Wildman–Crippen LogP) is 5.76. The normalized spacial score (nSPS) is 11.4. The molecule has 21 heavy (non-hydrogen) atoms. The summed E-state index contributed by atoms with van der Waals surface area (Å²) in [6, 6.07) is 13.2. The van der Waals surface area contributed by atoms with Crippen molar-refractivity contribution < 1.29 is 0 Å². The van der Waals surface area contributed by atoms with E-state index in [0.29, 0.717) is 31.9 Å². The molecule has 0 radical (unpaired) electrons. The van der Waals surface area contributed by atoms with Gasteiger partial charge in [0.2, 0.25) is 0 Å². The third kappa shape index (κ3) is 3.18. The van der Waals surface area contributed by atoms with Crippen molar-refractivity contribution in [2.45, 2.75) is 0 Å². The molecule has 0 aliphatic rings. The molecule has 3 rings (SSSR count). The number of nitrogens with zero attached hydrogens (tertiary/aromatic N) is 2. The van der Waals surface area contributed by atoms with E-state index < -0.39 is 0 Å². The Balaban J connectivity index is 2.05. The van der Waals surface area contributed by atoms with Gasteiger partial charge in [-0.2, -0.15) is 0 Å². The van der Waals surface area contributed by atoms with Crippen molar-refractivity contribution in [3.8, 4) is 0 Å². The van der Waals surface area contributed by atoms with Gasteiger partial charge in [0.15, 0.2) is 5.15 Å². The second-order valence-corrected chi connectivity index (χ2v) is 5.57. The number of aromatic nitrogens is 2. The van der Waals surface area contributed by atoms with Crippen LogP contribution in [0.4, 0.5) is 0 Å². The monoisotopic (exact) mass is 334 g/mol. The third-order valence-corrected chi connectivity index (χ3v) is 3.92. The fourth-order valence-electron chi connectivity index (χ4n) is 1.89. The number of fused-ring (bicyclic) bond motifs is 1. The first-order valence-electron chi connectivity index (χ1n) is 6.19. The van der Waals surface area contributed by atoms with Crippen LogP contribution < -0.4 is 0 Å². The topological polar surface area (TPSA) is 25.8 Å². The molecule has 0 saturated carbocycles. The number of hydrogen-bond acceptors (Lipinski definition) is 2. The van der Waals surface area contributed by atoms with E-state index in [1.807, 2.05) is 42.5 Å². The van der Waals surface area contributed by atoms with E-state index in [2.05, 4.69) is 9.97 Å². The molecule has 1 aromatic heterocycles. The van der Waals surface area contributed by atoms with Crippen LogP contribution in [-0.4, -0.2) is 9.97 Å². The first-order chi connectivity index (χ1) is 10.1. The van der Waals surface area contributed by atoms with Gasteiger partial charge in [0, 0.05) is 0 Å². The van der Waals surface area contributed by atoms with Crippen molar-refractivity contribution in [1.82, 2.24) is 9.97 Å². The van der Waals surface area contributed by atoms with Crippen LogP contribution in [-0.2, 0) is 0 Å². The lowest BCUT2D eigenvalue weighted by Crippen LogP contribution is -1.90. The van der Waals surface area contributed by atoms with E-state index in [4.69, 9.17) is 34.8 Å². The molecule has 1 heterocycles. The van der Waals surface area contributed by atoms with Crippen molar-refractivity contribution in [2.75, 3.05) is 0 Å². The number of halogens is 3. The minimum Gasteiger partial charge on any atom is -0.243 e. The maximum atomic E-state index is 6.16. The average molecular weight is 336 g/mol. The zero-order chi connectivity index (χ0) is 14.8. The van der Waals surface area contributed by atoms with Crippen molar-refractivity contribution in [1.29, 1.82) is 0 Å². The quantitative estimate of drug-likeness (QED) is 0.595. The molecule has 104 valence electrons. The summed E-state index contributed by atoms with van der Waals surface area (Å²) >= 11 is 18.1. The maximum absolute atomic E-state index is 6.16. The molecule has 0 aliphatic carbocycles. The SMILES string of the molecule is Clc1cc2nc(Cl)c(/C=C/c3ccccc3)nc2cc1Cl. The van der Waals surface area contributed by atoms with Gasteiger partial charge in [0.05, 0.1) is 21.1 Å². The molecule has 0 fully saturated rings. The van der Waals surface area contributed by atoms with E-state index in [-0.39, 0.29) is 0 Å². The summed E-state index contributed by atoms with van der Waals surface area (Å²) in [5, 5.41) is 1.20. The Kier molecular flexibility index (Phi) is 4.11. The van der Waals surface area contributed by atoms with Gasteiger partial charge >= 0.3 is 0 Å². The molecule has 0 atom stereocenters. The Morgan fingerprint density at radius 3 is 2.05 bits per heavy atom. The van der Waals surface area contributed by atoms with Gasteiger partial charge in [-0.1, -0.05) is 71.2 Å². The van der Waals surface area contributed by atoms with Gasteiger partial charge in [-0.25, -0.2) is 9.97 Å². The van der Waals surface area contributed by atoms with E-state index in [9.17, 15) is 0 Å². The molecule has 2 nitrogen and oxygen atoms in total. The Hall–Kier alpha value is -1.61. The summed E-state index contributed by atoms with van der Waals surface area (Å²) in [7, 11) is 0. The predicted molar refractivity (Wildman–Crippen MR) is 89.9 cm³/mol. The second kappa shape index (κ2) is 6.02. The van der Waals surface area contributed by atoms with Crippen LogP contribution in [0.15, 0.2) is 42.5 Å². The highest BCUT2D eigenvalue weighted by Gasteiger charge is 2.07. The van der Waals surface area contributed by atoms with E-state index >= 15 is 0 Å². The highest BCUT2D eigenvalue weighted by Crippen LogP contribution is 2.28.